The molecule has 3 aromatic carbocycles. The molecule has 3 heterocycles. The summed E-state index contributed by atoms with van der Waals surface area (Å²) in [5.74, 6) is 2.51. The van der Waals surface area contributed by atoms with E-state index in [0.717, 1.165) is 64.1 Å². The molecule has 9 nitrogen and oxygen atoms in total. The maximum atomic E-state index is 10.1. The first-order chi connectivity index (χ1) is 17.1. The number of nitrogens with one attached hydrogen (secondary N) is 4. The molecule has 1 aliphatic heterocycles. The number of fused-ring (bicyclic) bond motifs is 2. The van der Waals surface area contributed by atoms with E-state index in [-0.39, 0.29) is 5.75 Å². The van der Waals surface area contributed by atoms with Crippen molar-refractivity contribution in [2.45, 2.75) is 6.42 Å². The number of amidine groups is 1. The molecule has 0 spiro atoms. The summed E-state index contributed by atoms with van der Waals surface area (Å²) < 4.78 is 5.12. The number of aromatic hydroxyl groups is 1. The van der Waals surface area contributed by atoms with Crippen LogP contribution in [0, 0.1) is 5.41 Å². The van der Waals surface area contributed by atoms with Gasteiger partial charge in [-0.15, -0.1) is 0 Å². The van der Waals surface area contributed by atoms with Gasteiger partial charge in [0, 0.05) is 29.8 Å². The summed E-state index contributed by atoms with van der Waals surface area (Å²) in [5, 5.41) is 21.8. The fourth-order valence-electron chi connectivity index (χ4n) is 4.27. The maximum absolute atomic E-state index is 10.1. The van der Waals surface area contributed by atoms with Gasteiger partial charge in [-0.1, -0.05) is 6.07 Å². The average molecular weight is 466 g/mol. The predicted molar refractivity (Wildman–Crippen MR) is 137 cm³/mol. The Morgan fingerprint density at radius 3 is 2.29 bits per heavy atom. The average Bonchev–Trinajstić information content (AvgIpc) is 3.52. The molecule has 5 aromatic rings. The standard InChI is InChI=1S/C26H23N7O2/c1-35-22-8-5-16(13-21(22)34)25-31-18-7-4-15(12-20(18)33-25)24-30-17-6-3-14(11-19(17)32-24)23(27)26-28-9-2-10-29-26/h3-8,11-13,27,34H,2,9-10H2,1H3,(H,28,29)(H,30,32)(H,31,33). The highest BCUT2D eigenvalue weighted by atomic mass is 16.5. The van der Waals surface area contributed by atoms with Crippen LogP contribution in [0.1, 0.15) is 12.0 Å². The molecule has 5 N–H and O–H groups in total. The number of ether oxygens (including phenoxy) is 1. The summed E-state index contributed by atoms with van der Waals surface area (Å²) >= 11 is 0. The number of hydrogen-bond donors (Lipinski definition) is 5. The van der Waals surface area contributed by atoms with Gasteiger partial charge < -0.3 is 25.1 Å². The molecular formula is C26H23N7O2. The fourth-order valence-corrected chi connectivity index (χ4v) is 4.27. The van der Waals surface area contributed by atoms with Gasteiger partial charge in [0.05, 0.1) is 29.2 Å². The van der Waals surface area contributed by atoms with Gasteiger partial charge >= 0.3 is 0 Å². The zero-order valence-corrected chi connectivity index (χ0v) is 19.0. The van der Waals surface area contributed by atoms with Crippen LogP contribution in [0.25, 0.3) is 44.8 Å². The van der Waals surface area contributed by atoms with E-state index in [1.807, 2.05) is 42.5 Å². The van der Waals surface area contributed by atoms with E-state index in [2.05, 4.69) is 25.3 Å². The molecule has 0 saturated heterocycles. The molecule has 0 bridgehead atoms. The molecule has 0 atom stereocenters. The number of aliphatic imine (C=N–C) groups is 1. The van der Waals surface area contributed by atoms with Gasteiger partial charge in [-0.25, -0.2) is 9.97 Å². The molecule has 35 heavy (non-hydrogen) atoms. The van der Waals surface area contributed by atoms with Crippen molar-refractivity contribution in [1.82, 2.24) is 25.3 Å². The van der Waals surface area contributed by atoms with Gasteiger partial charge in [-0.3, -0.25) is 10.4 Å². The largest absolute Gasteiger partial charge is 0.504 e. The predicted octanol–water partition coefficient (Wildman–Crippen LogP) is 4.25. The maximum Gasteiger partial charge on any atom is 0.160 e. The number of imidazole rings is 2. The van der Waals surface area contributed by atoms with Crippen molar-refractivity contribution in [3.05, 3.63) is 60.2 Å². The number of phenols is 1. The fraction of sp³-hybridized carbons (Fsp3) is 0.154. The second-order valence-electron chi connectivity index (χ2n) is 8.41. The SMILES string of the molecule is COc1ccc(-c2nc3ccc(-c4nc5ccc(C(=N)C6=NCCCN6)cc5[nH]4)cc3[nH]2)cc1O. The van der Waals surface area contributed by atoms with E-state index in [0.29, 0.717) is 23.1 Å². The lowest BCUT2D eigenvalue weighted by molar-refractivity contribution is 0.373. The zero-order valence-electron chi connectivity index (χ0n) is 19.0. The van der Waals surface area contributed by atoms with Crippen molar-refractivity contribution >= 4 is 33.6 Å². The van der Waals surface area contributed by atoms with Gasteiger partial charge in [0.25, 0.3) is 0 Å². The Morgan fingerprint density at radius 1 is 0.914 bits per heavy atom. The minimum Gasteiger partial charge on any atom is -0.504 e. The van der Waals surface area contributed by atoms with E-state index in [1.165, 1.54) is 7.11 Å². The van der Waals surface area contributed by atoms with Gasteiger partial charge in [0.2, 0.25) is 0 Å². The summed E-state index contributed by atoms with van der Waals surface area (Å²) in [6.07, 6.45) is 0.991. The molecular weight excluding hydrogens is 442 g/mol. The molecule has 0 aliphatic carbocycles. The Labute approximate surface area is 200 Å². The van der Waals surface area contributed by atoms with E-state index >= 15 is 0 Å². The van der Waals surface area contributed by atoms with Crippen LogP contribution in [-0.4, -0.2) is 56.8 Å². The quantitative estimate of drug-likeness (QED) is 0.247. The van der Waals surface area contributed by atoms with Crippen molar-refractivity contribution < 1.29 is 9.84 Å². The second-order valence-corrected chi connectivity index (χ2v) is 8.41. The number of H-pyrrole nitrogens is 2. The van der Waals surface area contributed by atoms with Crippen molar-refractivity contribution in [1.29, 1.82) is 5.41 Å². The number of aromatic nitrogens is 4. The Kier molecular flexibility index (Phi) is 4.95. The van der Waals surface area contributed by atoms with E-state index in [4.69, 9.17) is 15.1 Å². The number of benzene rings is 3. The molecule has 0 unspecified atom stereocenters. The van der Waals surface area contributed by atoms with Crippen LogP contribution in [0.4, 0.5) is 0 Å². The van der Waals surface area contributed by atoms with Crippen LogP contribution in [-0.2, 0) is 0 Å². The van der Waals surface area contributed by atoms with E-state index in [1.54, 1.807) is 12.1 Å². The molecule has 0 saturated carbocycles. The van der Waals surface area contributed by atoms with Gasteiger partial charge in [0.1, 0.15) is 23.2 Å². The first-order valence-corrected chi connectivity index (χ1v) is 11.3. The smallest absolute Gasteiger partial charge is 0.160 e. The van der Waals surface area contributed by atoms with Crippen molar-refractivity contribution in [3.8, 4) is 34.3 Å². The molecule has 9 heteroatoms. The third kappa shape index (κ3) is 3.76. The Hall–Kier alpha value is -4.66. The summed E-state index contributed by atoms with van der Waals surface area (Å²) in [7, 11) is 1.52. The van der Waals surface area contributed by atoms with Gasteiger partial charge in [-0.05, 0) is 55.0 Å². The Bertz CT molecular complexity index is 1630. The lowest BCUT2D eigenvalue weighted by Crippen LogP contribution is -2.35. The summed E-state index contributed by atoms with van der Waals surface area (Å²) in [5.41, 5.74) is 6.21. The number of phenolic OH excluding ortho intramolecular Hbond substituents is 1. The van der Waals surface area contributed by atoms with Crippen LogP contribution in [0.15, 0.2) is 59.6 Å². The molecule has 0 radical (unpaired) electrons. The third-order valence-corrected chi connectivity index (χ3v) is 6.11. The van der Waals surface area contributed by atoms with Gasteiger partial charge in [-0.2, -0.15) is 0 Å². The summed E-state index contributed by atoms with van der Waals surface area (Å²) in [6, 6.07) is 16.9. The molecule has 2 aromatic heterocycles. The Balaban J connectivity index is 1.32. The zero-order chi connectivity index (χ0) is 23.9. The number of nitrogens with zero attached hydrogens (tertiary/aromatic N) is 3. The molecule has 0 fully saturated rings. The molecule has 0 amide bonds. The van der Waals surface area contributed by atoms with Crippen LogP contribution < -0.4 is 10.1 Å². The van der Waals surface area contributed by atoms with E-state index < -0.39 is 0 Å². The van der Waals surface area contributed by atoms with Crippen LogP contribution in [0.5, 0.6) is 11.5 Å². The number of hydrogen-bond acceptors (Lipinski definition) is 7. The van der Waals surface area contributed by atoms with Crippen LogP contribution in [0.2, 0.25) is 0 Å². The normalized spacial score (nSPS) is 13.6. The van der Waals surface area contributed by atoms with Gasteiger partial charge in [0.15, 0.2) is 11.5 Å². The second kappa shape index (κ2) is 8.28. The summed E-state index contributed by atoms with van der Waals surface area (Å²) in [4.78, 5) is 20.5. The van der Waals surface area contributed by atoms with E-state index in [9.17, 15) is 5.11 Å². The monoisotopic (exact) mass is 465 g/mol. The molecule has 6 rings (SSSR count). The van der Waals surface area contributed by atoms with Crippen molar-refractivity contribution in [2.75, 3.05) is 20.2 Å². The van der Waals surface area contributed by atoms with Crippen LogP contribution >= 0.6 is 0 Å². The third-order valence-electron chi connectivity index (χ3n) is 6.11. The first kappa shape index (κ1) is 20.9. The number of methoxy groups -OCH3 is 1. The van der Waals surface area contributed by atoms with Crippen LogP contribution in [0.3, 0.4) is 0 Å². The summed E-state index contributed by atoms with van der Waals surface area (Å²) in [6.45, 7) is 1.59. The highest BCUT2D eigenvalue weighted by Gasteiger charge is 2.15. The molecule has 174 valence electrons. The number of aromatic amines is 2. The van der Waals surface area contributed by atoms with Crippen molar-refractivity contribution in [2.24, 2.45) is 4.99 Å². The highest BCUT2D eigenvalue weighted by molar-refractivity contribution is 6.46. The highest BCUT2D eigenvalue weighted by Crippen LogP contribution is 2.32. The minimum atomic E-state index is 0.0622. The Morgan fingerprint density at radius 2 is 1.60 bits per heavy atom. The lowest BCUT2D eigenvalue weighted by Gasteiger charge is -2.15. The van der Waals surface area contributed by atoms with Crippen molar-refractivity contribution in [3.63, 3.8) is 0 Å². The first-order valence-electron chi connectivity index (χ1n) is 11.3. The number of rotatable bonds is 5. The molecule has 1 aliphatic rings. The topological polar surface area (TPSA) is 135 Å². The lowest BCUT2D eigenvalue weighted by atomic mass is 10.1. The minimum absolute atomic E-state index is 0.0622.